The highest BCUT2D eigenvalue weighted by atomic mass is 35.5. The van der Waals surface area contributed by atoms with Crippen LogP contribution >= 0.6 is 23.2 Å². The Hall–Kier alpha value is -3.95. The lowest BCUT2D eigenvalue weighted by atomic mass is 9.80. The number of allylic oxidation sites excluding steroid dienone is 3. The molecule has 1 amide bonds. The fourth-order valence-electron chi connectivity index (χ4n) is 4.08. The van der Waals surface area contributed by atoms with Crippen molar-refractivity contribution in [2.45, 2.75) is 25.3 Å². The Morgan fingerprint density at radius 2 is 1.97 bits per heavy atom. The lowest BCUT2D eigenvalue weighted by Gasteiger charge is -2.25. The van der Waals surface area contributed by atoms with Gasteiger partial charge in [0.25, 0.3) is 11.9 Å². The number of rotatable bonds is 7. The molecule has 2 aromatic heterocycles. The number of carbonyl (C=O) groups excluding carboxylic acids is 1. The molecule has 11 heteroatoms. The third kappa shape index (κ3) is 5.28. The number of hydrogen-bond acceptors (Lipinski definition) is 6. The predicted molar refractivity (Wildman–Crippen MR) is 142 cm³/mol. The van der Waals surface area contributed by atoms with Crippen molar-refractivity contribution < 1.29 is 9.53 Å². The zero-order valence-corrected chi connectivity index (χ0v) is 21.6. The van der Waals surface area contributed by atoms with Crippen LogP contribution in [-0.2, 0) is 16.7 Å². The normalized spacial score (nSPS) is 16.9. The first-order chi connectivity index (χ1) is 17.8. The number of aromatic amines is 1. The van der Waals surface area contributed by atoms with E-state index >= 15 is 0 Å². The quantitative estimate of drug-likeness (QED) is 0.327. The molecule has 0 bridgehead atoms. The molecule has 2 heterocycles. The minimum atomic E-state index is -0.327. The van der Waals surface area contributed by atoms with Gasteiger partial charge >= 0.3 is 0 Å². The summed E-state index contributed by atoms with van der Waals surface area (Å²) < 4.78 is 7.30. The van der Waals surface area contributed by atoms with Crippen LogP contribution in [0, 0.1) is 0 Å². The first-order valence-corrected chi connectivity index (χ1v) is 12.2. The molecule has 0 saturated heterocycles. The summed E-state index contributed by atoms with van der Waals surface area (Å²) in [6, 6.07) is 14.9. The Morgan fingerprint density at radius 1 is 1.16 bits per heavy atom. The summed E-state index contributed by atoms with van der Waals surface area (Å²) in [6.45, 7) is 2.64. The van der Waals surface area contributed by atoms with Crippen LogP contribution in [0.1, 0.15) is 35.0 Å². The monoisotopic (exact) mass is 535 g/mol. The van der Waals surface area contributed by atoms with Gasteiger partial charge in [-0.3, -0.25) is 14.8 Å². The molecule has 4 aromatic rings. The van der Waals surface area contributed by atoms with E-state index in [1.54, 1.807) is 25.3 Å². The average molecular weight is 536 g/mol. The highest BCUT2D eigenvalue weighted by Gasteiger charge is 2.29. The Labute approximate surface area is 223 Å². The summed E-state index contributed by atoms with van der Waals surface area (Å²) in [4.78, 5) is 12.4. The van der Waals surface area contributed by atoms with Crippen LogP contribution in [0.15, 0.2) is 72.5 Å². The molecule has 1 atom stereocenters. The zero-order chi connectivity index (χ0) is 26.0. The highest BCUT2D eigenvalue weighted by molar-refractivity contribution is 6.42. The second-order valence-electron chi connectivity index (χ2n) is 8.85. The van der Waals surface area contributed by atoms with Gasteiger partial charge in [-0.1, -0.05) is 59.5 Å². The van der Waals surface area contributed by atoms with Gasteiger partial charge in [0.2, 0.25) is 0 Å². The van der Waals surface area contributed by atoms with Crippen molar-refractivity contribution in [3.8, 4) is 11.3 Å². The van der Waals surface area contributed by atoms with Crippen molar-refractivity contribution in [3.63, 3.8) is 0 Å². The van der Waals surface area contributed by atoms with Crippen molar-refractivity contribution >= 4 is 35.1 Å². The molecule has 0 saturated carbocycles. The van der Waals surface area contributed by atoms with Crippen molar-refractivity contribution in [2.75, 3.05) is 12.4 Å². The maximum Gasteiger partial charge on any atom is 0.270 e. The Kier molecular flexibility index (Phi) is 6.82. The lowest BCUT2D eigenvalue weighted by molar-refractivity contribution is 0.102. The number of aromatic nitrogens is 6. The molecule has 1 aliphatic rings. The van der Waals surface area contributed by atoms with Crippen LogP contribution in [0.25, 0.3) is 11.3 Å². The number of carbonyl (C=O) groups is 1. The van der Waals surface area contributed by atoms with Gasteiger partial charge in [-0.15, -0.1) is 5.10 Å². The largest absolute Gasteiger partial charge is 0.497 e. The molecule has 9 nitrogen and oxygen atoms in total. The summed E-state index contributed by atoms with van der Waals surface area (Å²) in [5, 5.41) is 21.8. The Bertz CT molecular complexity index is 1490. The number of benzene rings is 2. The van der Waals surface area contributed by atoms with E-state index in [0.717, 1.165) is 34.7 Å². The van der Waals surface area contributed by atoms with Gasteiger partial charge in [-0.2, -0.15) is 10.3 Å². The number of anilines is 1. The Balaban J connectivity index is 1.45. The molecule has 0 aliphatic heterocycles. The van der Waals surface area contributed by atoms with Gasteiger partial charge in [0.15, 0.2) is 0 Å². The van der Waals surface area contributed by atoms with Crippen molar-refractivity contribution in [1.82, 2.24) is 30.4 Å². The predicted octanol–water partition coefficient (Wildman–Crippen LogP) is 5.42. The van der Waals surface area contributed by atoms with E-state index < -0.39 is 0 Å². The maximum absolute atomic E-state index is 12.4. The van der Waals surface area contributed by atoms with Gasteiger partial charge in [-0.25, -0.2) is 0 Å². The van der Waals surface area contributed by atoms with Crippen LogP contribution in [0.3, 0.4) is 0 Å². The van der Waals surface area contributed by atoms with Crippen LogP contribution in [0.4, 0.5) is 5.95 Å². The van der Waals surface area contributed by atoms with Gasteiger partial charge < -0.3 is 4.74 Å². The van der Waals surface area contributed by atoms with E-state index in [9.17, 15) is 4.79 Å². The summed E-state index contributed by atoms with van der Waals surface area (Å²) in [7, 11) is 1.66. The van der Waals surface area contributed by atoms with Crippen molar-refractivity contribution in [1.29, 1.82) is 0 Å². The topological polar surface area (TPSA) is 111 Å². The van der Waals surface area contributed by atoms with Crippen LogP contribution in [0.5, 0.6) is 0 Å². The minimum Gasteiger partial charge on any atom is -0.497 e. The fraction of sp³-hybridized carbons (Fsp3) is 0.192. The summed E-state index contributed by atoms with van der Waals surface area (Å²) >= 11 is 12.5. The fourth-order valence-corrected chi connectivity index (χ4v) is 4.38. The number of nitrogens with one attached hydrogen (secondary N) is 2. The molecule has 1 unspecified atom stereocenters. The molecule has 2 N–H and O–H groups in total. The number of amides is 1. The van der Waals surface area contributed by atoms with Crippen LogP contribution in [0.2, 0.25) is 10.0 Å². The number of halogens is 2. The number of nitrogens with zero attached hydrogens (tertiary/aromatic N) is 5. The van der Waals surface area contributed by atoms with E-state index in [0.29, 0.717) is 22.2 Å². The zero-order valence-electron chi connectivity index (χ0n) is 20.1. The SMILES string of the molecule is COC1=CCC(C)(c2cc(-c3ccc(Cl)c(Cl)c3)n(Cc3ccc(C(=O)Nc4nn[nH]n4)cc3)n2)C=C1. The van der Waals surface area contributed by atoms with E-state index in [4.69, 9.17) is 33.0 Å². The third-order valence-electron chi connectivity index (χ3n) is 6.28. The van der Waals surface area contributed by atoms with Gasteiger partial charge in [0.1, 0.15) is 5.76 Å². The lowest BCUT2D eigenvalue weighted by Crippen LogP contribution is -2.21. The van der Waals surface area contributed by atoms with Crippen molar-refractivity contribution in [3.05, 3.63) is 99.4 Å². The van der Waals surface area contributed by atoms with E-state index in [-0.39, 0.29) is 17.3 Å². The molecule has 37 heavy (non-hydrogen) atoms. The molecule has 0 fully saturated rings. The molecule has 2 aromatic carbocycles. The van der Waals surface area contributed by atoms with Crippen molar-refractivity contribution in [2.24, 2.45) is 0 Å². The molecule has 188 valence electrons. The smallest absolute Gasteiger partial charge is 0.270 e. The summed E-state index contributed by atoms with van der Waals surface area (Å²) in [5.41, 5.74) is 3.88. The molecular weight excluding hydrogens is 513 g/mol. The van der Waals surface area contributed by atoms with Gasteiger partial charge in [0.05, 0.1) is 35.1 Å². The molecule has 1 aliphatic carbocycles. The second kappa shape index (κ2) is 10.2. The van der Waals surface area contributed by atoms with Crippen LogP contribution < -0.4 is 5.32 Å². The highest BCUT2D eigenvalue weighted by Crippen LogP contribution is 2.36. The van der Waals surface area contributed by atoms with Crippen LogP contribution in [-0.4, -0.2) is 43.4 Å². The molecule has 0 radical (unpaired) electrons. The first-order valence-electron chi connectivity index (χ1n) is 11.5. The summed E-state index contributed by atoms with van der Waals surface area (Å²) in [6.07, 6.45) is 6.92. The van der Waals surface area contributed by atoms with E-state index in [1.807, 2.05) is 35.0 Å². The standard InChI is InChI=1S/C26H23Cl2N7O2/c1-26(11-9-19(37-2)10-12-26)23-14-22(18-7-8-20(27)21(28)13-18)35(32-23)15-16-3-5-17(6-4-16)24(36)29-25-30-33-34-31-25/h3-11,13-14H,12,15H2,1-2H3,(H2,29,30,31,33,34,36). The number of hydrogen-bond donors (Lipinski definition) is 2. The van der Waals surface area contributed by atoms with Gasteiger partial charge in [0, 0.05) is 16.5 Å². The third-order valence-corrected chi connectivity index (χ3v) is 7.02. The second-order valence-corrected chi connectivity index (χ2v) is 9.67. The molecule has 5 rings (SSSR count). The number of H-pyrrole nitrogens is 1. The van der Waals surface area contributed by atoms with E-state index in [1.165, 1.54) is 0 Å². The summed E-state index contributed by atoms with van der Waals surface area (Å²) in [5.74, 6) is 0.624. The van der Waals surface area contributed by atoms with E-state index in [2.05, 4.69) is 51.1 Å². The molecule has 0 spiro atoms. The van der Waals surface area contributed by atoms with Gasteiger partial charge in [-0.05, 0) is 59.7 Å². The first kappa shape index (κ1) is 24.7. The maximum atomic E-state index is 12.4. The number of methoxy groups -OCH3 is 1. The average Bonchev–Trinajstić information content (AvgIpc) is 3.57. The number of ether oxygens (including phenoxy) is 1. The minimum absolute atomic E-state index is 0.113. The molecular formula is C26H23Cl2N7O2. The Morgan fingerprint density at radius 3 is 2.62 bits per heavy atom. The number of tetrazole rings is 1.